The largest absolute Gasteiger partial charge is 0.354 e. The third-order valence-electron chi connectivity index (χ3n) is 4.55. The number of hydrogen-bond donors (Lipinski definition) is 2. The minimum absolute atomic E-state index is 0.0638. The van der Waals surface area contributed by atoms with Crippen LogP contribution in [0.5, 0.6) is 0 Å². The van der Waals surface area contributed by atoms with Gasteiger partial charge in [0.05, 0.1) is 0 Å². The van der Waals surface area contributed by atoms with Gasteiger partial charge in [-0.25, -0.2) is 0 Å². The van der Waals surface area contributed by atoms with Crippen LogP contribution in [-0.4, -0.2) is 68.1 Å². The van der Waals surface area contributed by atoms with Crippen molar-refractivity contribution in [3.05, 3.63) is 0 Å². The predicted octanol–water partition coefficient (Wildman–Crippen LogP) is 0.750. The summed E-state index contributed by atoms with van der Waals surface area (Å²) >= 11 is 0. The summed E-state index contributed by atoms with van der Waals surface area (Å²) in [5.74, 6) is 0.783. The van der Waals surface area contributed by atoms with E-state index in [2.05, 4.69) is 36.0 Å². The number of piperazine rings is 1. The van der Waals surface area contributed by atoms with E-state index < -0.39 is 0 Å². The van der Waals surface area contributed by atoms with Crippen LogP contribution in [0, 0.1) is 11.8 Å². The highest BCUT2D eigenvalue weighted by Gasteiger charge is 2.25. The average Bonchev–Trinajstić information content (AvgIpc) is 2.46. The van der Waals surface area contributed by atoms with E-state index >= 15 is 0 Å². The number of nitrogens with two attached hydrogens (primary N) is 1. The van der Waals surface area contributed by atoms with Crippen LogP contribution in [-0.2, 0) is 4.79 Å². The summed E-state index contributed by atoms with van der Waals surface area (Å²) in [5.41, 5.74) is 5.51. The van der Waals surface area contributed by atoms with Gasteiger partial charge >= 0.3 is 0 Å². The van der Waals surface area contributed by atoms with Gasteiger partial charge in [-0.2, -0.15) is 0 Å². The predicted molar refractivity (Wildman–Crippen MR) is 88.2 cm³/mol. The summed E-state index contributed by atoms with van der Waals surface area (Å²) in [6.45, 7) is 12.3. The number of amides is 1. The van der Waals surface area contributed by atoms with Gasteiger partial charge in [0.15, 0.2) is 0 Å². The molecule has 5 nitrogen and oxygen atoms in total. The molecule has 0 aromatic heterocycles. The maximum atomic E-state index is 12.1. The molecule has 0 spiro atoms. The molecule has 0 radical (unpaired) electrons. The van der Waals surface area contributed by atoms with Crippen molar-refractivity contribution in [2.45, 2.75) is 39.7 Å². The molecule has 3 N–H and O–H groups in total. The van der Waals surface area contributed by atoms with Gasteiger partial charge < -0.3 is 16.0 Å². The van der Waals surface area contributed by atoms with Crippen LogP contribution >= 0.6 is 0 Å². The first-order chi connectivity index (χ1) is 9.95. The second kappa shape index (κ2) is 9.38. The molecular formula is C16H34N4O. The first-order valence-corrected chi connectivity index (χ1v) is 8.36. The Labute approximate surface area is 130 Å². The summed E-state index contributed by atoms with van der Waals surface area (Å²) in [6, 6.07) is 0.435. The Bertz CT molecular complexity index is 301. The fourth-order valence-electron chi connectivity index (χ4n) is 2.87. The molecule has 5 heteroatoms. The van der Waals surface area contributed by atoms with Gasteiger partial charge in [-0.05, 0) is 32.4 Å². The Kier molecular flexibility index (Phi) is 8.22. The molecule has 1 rings (SSSR count). The number of carbonyl (C=O) groups excluding carboxylic acids is 1. The van der Waals surface area contributed by atoms with E-state index in [4.69, 9.17) is 5.73 Å². The van der Waals surface area contributed by atoms with E-state index in [1.54, 1.807) is 0 Å². The van der Waals surface area contributed by atoms with E-state index in [9.17, 15) is 4.79 Å². The van der Waals surface area contributed by atoms with Crippen molar-refractivity contribution in [3.63, 3.8) is 0 Å². The molecule has 2 unspecified atom stereocenters. The van der Waals surface area contributed by atoms with Gasteiger partial charge in [0, 0.05) is 44.7 Å². The maximum absolute atomic E-state index is 12.1. The molecule has 21 heavy (non-hydrogen) atoms. The van der Waals surface area contributed by atoms with E-state index in [1.165, 1.54) is 0 Å². The SMILES string of the molecule is CC(CCCN)C(=O)NCC(C(C)C)N1CCN(C)CC1. The lowest BCUT2D eigenvalue weighted by molar-refractivity contribution is -0.125. The molecule has 1 amide bonds. The Balaban J connectivity index is 2.42. The number of nitrogens with zero attached hydrogens (tertiary/aromatic N) is 2. The zero-order chi connectivity index (χ0) is 15.8. The number of rotatable bonds is 8. The summed E-state index contributed by atoms with van der Waals surface area (Å²) in [7, 11) is 2.17. The Hall–Kier alpha value is -0.650. The maximum Gasteiger partial charge on any atom is 0.222 e. The van der Waals surface area contributed by atoms with Crippen molar-refractivity contribution in [1.29, 1.82) is 0 Å². The zero-order valence-electron chi connectivity index (χ0n) is 14.3. The smallest absolute Gasteiger partial charge is 0.222 e. The minimum Gasteiger partial charge on any atom is -0.354 e. The zero-order valence-corrected chi connectivity index (χ0v) is 14.3. The van der Waals surface area contributed by atoms with Gasteiger partial charge in [0.25, 0.3) is 0 Å². The number of carbonyl (C=O) groups is 1. The number of likely N-dealkylation sites (N-methyl/N-ethyl adjacent to an activating group) is 1. The summed E-state index contributed by atoms with van der Waals surface area (Å²) < 4.78 is 0. The van der Waals surface area contributed by atoms with Gasteiger partial charge in [-0.3, -0.25) is 9.69 Å². The van der Waals surface area contributed by atoms with Gasteiger partial charge in [-0.15, -0.1) is 0 Å². The minimum atomic E-state index is 0.0638. The molecule has 0 aromatic carbocycles. The summed E-state index contributed by atoms with van der Waals surface area (Å²) in [6.07, 6.45) is 1.80. The molecule has 1 aliphatic rings. The highest BCUT2D eigenvalue weighted by Crippen LogP contribution is 2.13. The molecule has 1 fully saturated rings. The lowest BCUT2D eigenvalue weighted by atomic mass is 10.00. The highest BCUT2D eigenvalue weighted by molar-refractivity contribution is 5.78. The van der Waals surface area contributed by atoms with E-state index in [1.807, 2.05) is 6.92 Å². The topological polar surface area (TPSA) is 61.6 Å². The number of nitrogens with one attached hydrogen (secondary N) is 1. The molecule has 0 aliphatic carbocycles. The molecule has 124 valence electrons. The Morgan fingerprint density at radius 3 is 2.33 bits per heavy atom. The number of hydrogen-bond acceptors (Lipinski definition) is 4. The van der Waals surface area contributed by atoms with Gasteiger partial charge in [0.1, 0.15) is 0 Å². The molecule has 1 heterocycles. The van der Waals surface area contributed by atoms with Crippen molar-refractivity contribution in [3.8, 4) is 0 Å². The second-order valence-electron chi connectivity index (χ2n) is 6.73. The summed E-state index contributed by atoms with van der Waals surface area (Å²) in [5, 5.41) is 3.15. The van der Waals surface area contributed by atoms with Gasteiger partial charge in [0.2, 0.25) is 5.91 Å². The van der Waals surface area contributed by atoms with E-state index in [0.717, 1.165) is 45.6 Å². The van der Waals surface area contributed by atoms with Crippen LogP contribution in [0.15, 0.2) is 0 Å². The van der Waals surface area contributed by atoms with Crippen LogP contribution in [0.1, 0.15) is 33.6 Å². The summed E-state index contributed by atoms with van der Waals surface area (Å²) in [4.78, 5) is 17.0. The van der Waals surface area contributed by atoms with Gasteiger partial charge in [-0.1, -0.05) is 20.8 Å². The quantitative estimate of drug-likeness (QED) is 0.694. The van der Waals surface area contributed by atoms with Crippen LogP contribution in [0.25, 0.3) is 0 Å². The molecule has 1 saturated heterocycles. The fourth-order valence-corrected chi connectivity index (χ4v) is 2.87. The van der Waals surface area contributed by atoms with Crippen molar-refractivity contribution >= 4 is 5.91 Å². The highest BCUT2D eigenvalue weighted by atomic mass is 16.1. The van der Waals surface area contributed by atoms with Crippen LogP contribution in [0.2, 0.25) is 0 Å². The molecular weight excluding hydrogens is 264 g/mol. The van der Waals surface area contributed by atoms with Crippen LogP contribution in [0.4, 0.5) is 0 Å². The van der Waals surface area contributed by atoms with Crippen molar-refractivity contribution in [1.82, 2.24) is 15.1 Å². The van der Waals surface area contributed by atoms with Crippen molar-refractivity contribution < 1.29 is 4.79 Å². The average molecular weight is 298 g/mol. The molecule has 2 atom stereocenters. The first kappa shape index (κ1) is 18.4. The second-order valence-corrected chi connectivity index (χ2v) is 6.73. The van der Waals surface area contributed by atoms with E-state index in [-0.39, 0.29) is 11.8 Å². The molecule has 0 aromatic rings. The lowest BCUT2D eigenvalue weighted by Crippen LogP contribution is -2.54. The Morgan fingerprint density at radius 2 is 1.81 bits per heavy atom. The lowest BCUT2D eigenvalue weighted by Gasteiger charge is -2.40. The monoisotopic (exact) mass is 298 g/mol. The third kappa shape index (κ3) is 6.32. The van der Waals surface area contributed by atoms with Crippen molar-refractivity contribution in [2.75, 3.05) is 46.3 Å². The van der Waals surface area contributed by atoms with Crippen LogP contribution in [0.3, 0.4) is 0 Å². The van der Waals surface area contributed by atoms with Crippen LogP contribution < -0.4 is 11.1 Å². The molecule has 0 bridgehead atoms. The molecule has 0 saturated carbocycles. The normalized spacial score (nSPS) is 20.5. The fraction of sp³-hybridized carbons (Fsp3) is 0.938. The molecule has 1 aliphatic heterocycles. The van der Waals surface area contributed by atoms with E-state index in [0.29, 0.717) is 18.5 Å². The third-order valence-corrected chi connectivity index (χ3v) is 4.55. The first-order valence-electron chi connectivity index (χ1n) is 8.36. The standard InChI is InChI=1S/C16H34N4O/c1-13(2)15(20-10-8-19(4)9-11-20)12-18-16(21)14(3)6-5-7-17/h13-15H,5-12,17H2,1-4H3,(H,18,21). The van der Waals surface area contributed by atoms with Crippen molar-refractivity contribution in [2.24, 2.45) is 17.6 Å². The Morgan fingerprint density at radius 1 is 1.19 bits per heavy atom.